The van der Waals surface area contributed by atoms with Crippen molar-refractivity contribution < 1.29 is 10.0 Å². The zero-order valence-electron chi connectivity index (χ0n) is 10.0. The van der Waals surface area contributed by atoms with Crippen molar-refractivity contribution in [2.75, 3.05) is 18.5 Å². The minimum absolute atomic E-state index is 0.0572. The molecule has 1 aromatic carbocycles. The van der Waals surface area contributed by atoms with Crippen molar-refractivity contribution in [1.29, 1.82) is 0 Å². The molecule has 0 aromatic heterocycles. The Bertz CT molecular complexity index is 461. The van der Waals surface area contributed by atoms with Gasteiger partial charge in [-0.3, -0.25) is 10.1 Å². The monoisotopic (exact) mass is 270 g/mol. The van der Waals surface area contributed by atoms with Crippen LogP contribution in [0.5, 0.6) is 0 Å². The lowest BCUT2D eigenvalue weighted by Gasteiger charge is -2.35. The highest BCUT2D eigenvalue weighted by Gasteiger charge is 2.29. The Labute approximate surface area is 110 Å². The highest BCUT2D eigenvalue weighted by Crippen LogP contribution is 2.34. The third kappa shape index (κ3) is 2.73. The lowest BCUT2D eigenvalue weighted by atomic mass is 9.82. The van der Waals surface area contributed by atoms with Gasteiger partial charge in [-0.2, -0.15) is 0 Å². The lowest BCUT2D eigenvalue weighted by Crippen LogP contribution is -2.37. The fourth-order valence-corrected chi connectivity index (χ4v) is 2.46. The highest BCUT2D eigenvalue weighted by molar-refractivity contribution is 6.31. The maximum atomic E-state index is 11.0. The summed E-state index contributed by atoms with van der Waals surface area (Å²) in [6.07, 6.45) is 1.31. The van der Waals surface area contributed by atoms with Crippen LogP contribution in [0.2, 0.25) is 5.02 Å². The Kier molecular flexibility index (Phi) is 3.73. The summed E-state index contributed by atoms with van der Waals surface area (Å²) in [5.41, 5.74) is 0.579. The van der Waals surface area contributed by atoms with Crippen LogP contribution < -0.4 is 4.90 Å². The molecule has 98 valence electrons. The number of nitro groups is 1. The van der Waals surface area contributed by atoms with Crippen molar-refractivity contribution in [2.45, 2.75) is 18.9 Å². The largest absolute Gasteiger partial charge is 0.393 e. The number of rotatable bonds is 4. The van der Waals surface area contributed by atoms with E-state index in [9.17, 15) is 15.2 Å². The molecule has 0 saturated heterocycles. The molecule has 5 nitrogen and oxygen atoms in total. The zero-order chi connectivity index (χ0) is 13.3. The molecule has 0 bridgehead atoms. The van der Waals surface area contributed by atoms with Gasteiger partial charge in [0.25, 0.3) is 5.69 Å². The minimum Gasteiger partial charge on any atom is -0.393 e. The number of hydrogen-bond acceptors (Lipinski definition) is 4. The second-order valence-corrected chi connectivity index (χ2v) is 5.20. The normalized spacial score (nSPS) is 22.4. The fourth-order valence-electron chi connectivity index (χ4n) is 2.29. The molecule has 0 aliphatic heterocycles. The van der Waals surface area contributed by atoms with Crippen LogP contribution in [0.3, 0.4) is 0 Å². The van der Waals surface area contributed by atoms with E-state index in [1.165, 1.54) is 12.1 Å². The quantitative estimate of drug-likeness (QED) is 0.674. The van der Waals surface area contributed by atoms with E-state index < -0.39 is 4.92 Å². The fraction of sp³-hybridized carbons (Fsp3) is 0.500. The lowest BCUT2D eigenvalue weighted by molar-refractivity contribution is -0.384. The van der Waals surface area contributed by atoms with Crippen LogP contribution in [0.1, 0.15) is 12.8 Å². The molecule has 0 amide bonds. The van der Waals surface area contributed by atoms with Gasteiger partial charge in [0.1, 0.15) is 5.69 Å². The molecule has 18 heavy (non-hydrogen) atoms. The van der Waals surface area contributed by atoms with E-state index in [4.69, 9.17) is 11.6 Å². The summed E-state index contributed by atoms with van der Waals surface area (Å²) >= 11 is 5.88. The van der Waals surface area contributed by atoms with Crippen LogP contribution >= 0.6 is 11.6 Å². The molecule has 0 unspecified atom stereocenters. The van der Waals surface area contributed by atoms with Crippen LogP contribution in [0.4, 0.5) is 11.4 Å². The Hall–Kier alpha value is -1.33. The average Bonchev–Trinajstić information content (AvgIpc) is 2.26. The maximum Gasteiger partial charge on any atom is 0.292 e. The van der Waals surface area contributed by atoms with Gasteiger partial charge in [-0.05, 0) is 30.9 Å². The third-order valence-electron chi connectivity index (χ3n) is 3.29. The van der Waals surface area contributed by atoms with Gasteiger partial charge in [-0.1, -0.05) is 11.6 Å². The summed E-state index contributed by atoms with van der Waals surface area (Å²) in [5, 5.41) is 20.7. The van der Waals surface area contributed by atoms with E-state index in [1.807, 2.05) is 11.9 Å². The van der Waals surface area contributed by atoms with E-state index in [0.29, 0.717) is 23.2 Å². The molecule has 1 aliphatic carbocycles. The molecule has 1 aromatic rings. The third-order valence-corrected chi connectivity index (χ3v) is 3.52. The summed E-state index contributed by atoms with van der Waals surface area (Å²) in [6, 6.07) is 4.54. The molecular formula is C12H15ClN2O3. The first kappa shape index (κ1) is 13.1. The van der Waals surface area contributed by atoms with E-state index in [2.05, 4.69) is 0 Å². The number of halogens is 1. The minimum atomic E-state index is -0.405. The Morgan fingerprint density at radius 3 is 2.78 bits per heavy atom. The number of nitro benzene ring substituents is 1. The smallest absolute Gasteiger partial charge is 0.292 e. The van der Waals surface area contributed by atoms with Gasteiger partial charge in [-0.25, -0.2) is 0 Å². The van der Waals surface area contributed by atoms with Crippen LogP contribution in [-0.4, -0.2) is 29.7 Å². The van der Waals surface area contributed by atoms with Crippen molar-refractivity contribution >= 4 is 23.0 Å². The van der Waals surface area contributed by atoms with E-state index in [-0.39, 0.29) is 11.8 Å². The second-order valence-electron chi connectivity index (χ2n) is 4.76. The van der Waals surface area contributed by atoms with Gasteiger partial charge in [0.05, 0.1) is 11.0 Å². The number of aliphatic hydroxyl groups excluding tert-OH is 1. The van der Waals surface area contributed by atoms with Crippen molar-refractivity contribution in [1.82, 2.24) is 0 Å². The van der Waals surface area contributed by atoms with Gasteiger partial charge in [0.15, 0.2) is 0 Å². The molecular weight excluding hydrogens is 256 g/mol. The number of anilines is 1. The maximum absolute atomic E-state index is 11.0. The topological polar surface area (TPSA) is 66.6 Å². The Morgan fingerprint density at radius 2 is 2.22 bits per heavy atom. The van der Waals surface area contributed by atoms with Gasteiger partial charge < -0.3 is 10.0 Å². The first-order valence-corrected chi connectivity index (χ1v) is 6.18. The van der Waals surface area contributed by atoms with Crippen molar-refractivity contribution in [3.8, 4) is 0 Å². The standard InChI is InChI=1S/C12H15ClN2O3/c1-14(7-8-4-10(16)5-8)12-6-9(13)2-3-11(12)15(17)18/h2-3,6,8,10,16H,4-5,7H2,1H3. The molecule has 1 aliphatic rings. The van der Waals surface area contributed by atoms with Crippen LogP contribution in [-0.2, 0) is 0 Å². The molecule has 0 spiro atoms. The molecule has 1 saturated carbocycles. The van der Waals surface area contributed by atoms with Crippen molar-refractivity contribution in [3.63, 3.8) is 0 Å². The van der Waals surface area contributed by atoms with Gasteiger partial charge in [0, 0.05) is 24.7 Å². The number of hydrogen-bond donors (Lipinski definition) is 1. The first-order chi connectivity index (χ1) is 8.47. The predicted molar refractivity (Wildman–Crippen MR) is 70.1 cm³/mol. The van der Waals surface area contributed by atoms with Crippen LogP contribution in [0.25, 0.3) is 0 Å². The summed E-state index contributed by atoms with van der Waals surface area (Å²) in [7, 11) is 1.81. The average molecular weight is 271 g/mol. The van der Waals surface area contributed by atoms with Crippen LogP contribution in [0.15, 0.2) is 18.2 Å². The number of nitrogens with zero attached hydrogens (tertiary/aromatic N) is 2. The molecule has 0 atom stereocenters. The zero-order valence-corrected chi connectivity index (χ0v) is 10.8. The summed E-state index contributed by atoms with van der Waals surface area (Å²) in [5.74, 6) is 0.392. The second kappa shape index (κ2) is 5.12. The van der Waals surface area contributed by atoms with Crippen molar-refractivity contribution in [3.05, 3.63) is 33.3 Å². The van der Waals surface area contributed by atoms with E-state index in [1.54, 1.807) is 6.07 Å². The number of aliphatic hydroxyl groups is 1. The summed E-state index contributed by atoms with van der Waals surface area (Å²) in [4.78, 5) is 12.4. The Morgan fingerprint density at radius 1 is 1.56 bits per heavy atom. The SMILES string of the molecule is CN(CC1CC(O)C1)c1cc(Cl)ccc1[N+](=O)[O-]. The number of benzene rings is 1. The molecule has 0 radical (unpaired) electrons. The molecule has 1 fully saturated rings. The van der Waals surface area contributed by atoms with Crippen LogP contribution in [0, 0.1) is 16.0 Å². The predicted octanol–water partition coefficient (Wildman–Crippen LogP) is 2.46. The van der Waals surface area contributed by atoms with Gasteiger partial charge >= 0.3 is 0 Å². The summed E-state index contributed by atoms with van der Waals surface area (Å²) < 4.78 is 0. The molecule has 6 heteroatoms. The van der Waals surface area contributed by atoms with E-state index in [0.717, 1.165) is 12.8 Å². The van der Waals surface area contributed by atoms with E-state index >= 15 is 0 Å². The van der Waals surface area contributed by atoms with Gasteiger partial charge in [-0.15, -0.1) is 0 Å². The van der Waals surface area contributed by atoms with Gasteiger partial charge in [0.2, 0.25) is 0 Å². The summed E-state index contributed by atoms with van der Waals surface area (Å²) in [6.45, 7) is 0.693. The Balaban J connectivity index is 2.15. The highest BCUT2D eigenvalue weighted by atomic mass is 35.5. The first-order valence-electron chi connectivity index (χ1n) is 5.80. The molecule has 1 N–H and O–H groups in total. The molecule has 2 rings (SSSR count). The molecule has 0 heterocycles. The van der Waals surface area contributed by atoms with Crippen molar-refractivity contribution in [2.24, 2.45) is 5.92 Å².